The van der Waals surface area contributed by atoms with Gasteiger partial charge in [0.25, 0.3) is 0 Å². The molecule has 3 rings (SSSR count). The zero-order valence-corrected chi connectivity index (χ0v) is 19.1. The summed E-state index contributed by atoms with van der Waals surface area (Å²) in [5, 5.41) is 3.22. The molecule has 1 saturated heterocycles. The Morgan fingerprint density at radius 2 is 1.80 bits per heavy atom. The van der Waals surface area contributed by atoms with Crippen molar-refractivity contribution < 1.29 is 9.59 Å². The lowest BCUT2D eigenvalue weighted by Gasteiger charge is -2.16. The molecule has 1 atom stereocenters. The van der Waals surface area contributed by atoms with Crippen LogP contribution in [0.5, 0.6) is 0 Å². The first-order valence-corrected chi connectivity index (χ1v) is 11.2. The van der Waals surface area contributed by atoms with Gasteiger partial charge in [-0.05, 0) is 62.4 Å². The molecule has 1 fully saturated rings. The molecular formula is C24H29N3O2S. The van der Waals surface area contributed by atoms with E-state index in [0.29, 0.717) is 11.7 Å². The molecule has 0 aliphatic carbocycles. The third kappa shape index (κ3) is 4.93. The molecule has 0 spiro atoms. The van der Waals surface area contributed by atoms with E-state index >= 15 is 0 Å². The molecule has 1 aliphatic heterocycles. The monoisotopic (exact) mass is 423 g/mol. The van der Waals surface area contributed by atoms with E-state index in [4.69, 9.17) is 4.99 Å². The van der Waals surface area contributed by atoms with E-state index in [2.05, 4.69) is 11.4 Å². The fourth-order valence-corrected chi connectivity index (χ4v) is 4.64. The highest BCUT2D eigenvalue weighted by Crippen LogP contribution is 2.33. The molecule has 0 bridgehead atoms. The quantitative estimate of drug-likeness (QED) is 0.687. The molecule has 0 aromatic heterocycles. The Labute approximate surface area is 183 Å². The summed E-state index contributed by atoms with van der Waals surface area (Å²) in [6.07, 6.45) is 0.961. The number of aryl methyl sites for hydroxylation is 4. The summed E-state index contributed by atoms with van der Waals surface area (Å²) < 4.78 is 0. The molecule has 2 aromatic carbocycles. The van der Waals surface area contributed by atoms with E-state index in [-0.39, 0.29) is 18.2 Å². The molecule has 1 heterocycles. The Kier molecular flexibility index (Phi) is 6.98. The van der Waals surface area contributed by atoms with Crippen LogP contribution in [0.1, 0.15) is 42.0 Å². The molecule has 158 valence electrons. The van der Waals surface area contributed by atoms with Gasteiger partial charge >= 0.3 is 0 Å². The standard InChI is InChI=1S/C24H29N3O2S/c1-6-12-27-23(29)20(14-21(28)26-22-17(4)8-7-9-18(22)5)30-24(27)25-19-13-15(2)10-11-16(19)3/h7-11,13,20H,6,12,14H2,1-5H3,(H,26,28)/t20-/m1/s1. The Bertz CT molecular complexity index is 980. The fraction of sp³-hybridized carbons (Fsp3) is 0.375. The van der Waals surface area contributed by atoms with Crippen LogP contribution in [-0.4, -0.2) is 33.7 Å². The number of hydrogen-bond acceptors (Lipinski definition) is 4. The van der Waals surface area contributed by atoms with E-state index in [1.165, 1.54) is 11.8 Å². The highest BCUT2D eigenvalue weighted by atomic mass is 32.2. The smallest absolute Gasteiger partial charge is 0.242 e. The van der Waals surface area contributed by atoms with E-state index in [0.717, 1.165) is 40.0 Å². The zero-order valence-electron chi connectivity index (χ0n) is 18.3. The average Bonchev–Trinajstić information content (AvgIpc) is 2.97. The first kappa shape index (κ1) is 22.1. The third-order valence-electron chi connectivity index (χ3n) is 5.16. The van der Waals surface area contributed by atoms with Crippen molar-refractivity contribution in [3.8, 4) is 0 Å². The summed E-state index contributed by atoms with van der Waals surface area (Å²) >= 11 is 1.39. The molecule has 5 nitrogen and oxygen atoms in total. The summed E-state index contributed by atoms with van der Waals surface area (Å²) in [6, 6.07) is 12.0. The van der Waals surface area contributed by atoms with Crippen LogP contribution in [-0.2, 0) is 9.59 Å². The second-order valence-electron chi connectivity index (χ2n) is 7.80. The number of amides is 2. The lowest BCUT2D eigenvalue weighted by molar-refractivity contribution is -0.128. The van der Waals surface area contributed by atoms with Crippen molar-refractivity contribution in [2.75, 3.05) is 11.9 Å². The largest absolute Gasteiger partial charge is 0.326 e. The molecule has 2 amide bonds. The number of benzene rings is 2. The fourth-order valence-electron chi connectivity index (χ4n) is 3.47. The second kappa shape index (κ2) is 9.47. The maximum atomic E-state index is 13.0. The molecular weight excluding hydrogens is 394 g/mol. The number of rotatable bonds is 6. The second-order valence-corrected chi connectivity index (χ2v) is 8.97. The lowest BCUT2D eigenvalue weighted by Crippen LogP contribution is -2.34. The first-order valence-electron chi connectivity index (χ1n) is 10.3. The van der Waals surface area contributed by atoms with Crippen LogP contribution in [0.3, 0.4) is 0 Å². The van der Waals surface area contributed by atoms with Crippen molar-refractivity contribution >= 4 is 40.1 Å². The Balaban J connectivity index is 1.79. The highest BCUT2D eigenvalue weighted by Gasteiger charge is 2.38. The van der Waals surface area contributed by atoms with Gasteiger partial charge in [0, 0.05) is 18.7 Å². The number of carbonyl (C=O) groups is 2. The minimum absolute atomic E-state index is 0.0393. The van der Waals surface area contributed by atoms with Gasteiger partial charge in [-0.1, -0.05) is 49.0 Å². The van der Waals surface area contributed by atoms with E-state index in [9.17, 15) is 9.59 Å². The van der Waals surface area contributed by atoms with Gasteiger partial charge in [0.1, 0.15) is 5.25 Å². The van der Waals surface area contributed by atoms with Crippen LogP contribution >= 0.6 is 11.8 Å². The van der Waals surface area contributed by atoms with Crippen molar-refractivity contribution in [2.45, 2.75) is 52.7 Å². The number of aliphatic imine (C=N–C) groups is 1. The number of amidine groups is 1. The van der Waals surface area contributed by atoms with Gasteiger partial charge in [0.15, 0.2) is 5.17 Å². The number of carbonyl (C=O) groups excluding carboxylic acids is 2. The predicted octanol–water partition coefficient (Wildman–Crippen LogP) is 5.29. The highest BCUT2D eigenvalue weighted by molar-refractivity contribution is 8.15. The molecule has 1 aliphatic rings. The van der Waals surface area contributed by atoms with Gasteiger partial charge in [0.05, 0.1) is 5.69 Å². The van der Waals surface area contributed by atoms with Crippen LogP contribution in [0, 0.1) is 27.7 Å². The number of para-hydroxylation sites is 1. The lowest BCUT2D eigenvalue weighted by atomic mass is 10.1. The molecule has 6 heteroatoms. The maximum Gasteiger partial charge on any atom is 0.242 e. The number of hydrogen-bond donors (Lipinski definition) is 1. The van der Waals surface area contributed by atoms with Crippen molar-refractivity contribution in [2.24, 2.45) is 4.99 Å². The Hall–Kier alpha value is -2.60. The van der Waals surface area contributed by atoms with Gasteiger partial charge in [-0.3, -0.25) is 14.5 Å². The van der Waals surface area contributed by atoms with Crippen molar-refractivity contribution in [1.82, 2.24) is 4.90 Å². The Morgan fingerprint density at radius 3 is 2.47 bits per heavy atom. The number of nitrogens with one attached hydrogen (secondary N) is 1. The summed E-state index contributed by atoms with van der Waals surface area (Å²) in [5.41, 5.74) is 5.91. The molecule has 30 heavy (non-hydrogen) atoms. The molecule has 0 saturated carbocycles. The summed E-state index contributed by atoms with van der Waals surface area (Å²) in [7, 11) is 0. The van der Waals surface area contributed by atoms with E-state index in [1.54, 1.807) is 4.90 Å². The van der Waals surface area contributed by atoms with Crippen LogP contribution in [0.25, 0.3) is 0 Å². The summed E-state index contributed by atoms with van der Waals surface area (Å²) in [5.74, 6) is -0.190. The Morgan fingerprint density at radius 1 is 1.10 bits per heavy atom. The predicted molar refractivity (Wildman–Crippen MR) is 126 cm³/mol. The SMILES string of the molecule is CCCN1C(=O)[C@@H](CC(=O)Nc2c(C)cccc2C)SC1=Nc1cc(C)ccc1C. The van der Waals surface area contributed by atoms with Crippen LogP contribution in [0.15, 0.2) is 41.4 Å². The van der Waals surface area contributed by atoms with Crippen molar-refractivity contribution in [3.05, 3.63) is 58.7 Å². The molecule has 0 radical (unpaired) electrons. The zero-order chi connectivity index (χ0) is 21.8. The minimum Gasteiger partial charge on any atom is -0.326 e. The van der Waals surface area contributed by atoms with E-state index < -0.39 is 5.25 Å². The third-order valence-corrected chi connectivity index (χ3v) is 6.34. The molecule has 2 aromatic rings. The van der Waals surface area contributed by atoms with Gasteiger partial charge in [0.2, 0.25) is 11.8 Å². The first-order chi connectivity index (χ1) is 14.3. The van der Waals surface area contributed by atoms with Gasteiger partial charge in [-0.25, -0.2) is 4.99 Å². The molecule has 1 N–H and O–H groups in total. The molecule has 0 unspecified atom stereocenters. The summed E-state index contributed by atoms with van der Waals surface area (Å²) in [6.45, 7) is 10.6. The van der Waals surface area contributed by atoms with Crippen LogP contribution in [0.2, 0.25) is 0 Å². The maximum absolute atomic E-state index is 13.0. The number of nitrogens with zero attached hydrogens (tertiary/aromatic N) is 2. The van der Waals surface area contributed by atoms with Crippen molar-refractivity contribution in [3.63, 3.8) is 0 Å². The van der Waals surface area contributed by atoms with Crippen LogP contribution in [0.4, 0.5) is 11.4 Å². The summed E-state index contributed by atoms with van der Waals surface area (Å²) in [4.78, 5) is 32.2. The van der Waals surface area contributed by atoms with Crippen LogP contribution < -0.4 is 5.32 Å². The number of anilines is 1. The number of thioether (sulfide) groups is 1. The normalized spacial score (nSPS) is 17.6. The van der Waals surface area contributed by atoms with Gasteiger partial charge in [-0.2, -0.15) is 0 Å². The van der Waals surface area contributed by atoms with Gasteiger partial charge < -0.3 is 5.32 Å². The minimum atomic E-state index is -0.454. The van der Waals surface area contributed by atoms with E-state index in [1.807, 2.05) is 65.0 Å². The topological polar surface area (TPSA) is 61.8 Å². The van der Waals surface area contributed by atoms with Crippen molar-refractivity contribution in [1.29, 1.82) is 0 Å². The van der Waals surface area contributed by atoms with Gasteiger partial charge in [-0.15, -0.1) is 0 Å². The average molecular weight is 424 g/mol.